The van der Waals surface area contributed by atoms with E-state index in [0.29, 0.717) is 5.69 Å². The van der Waals surface area contributed by atoms with Crippen LogP contribution in [0.4, 0.5) is 11.4 Å². The predicted molar refractivity (Wildman–Crippen MR) is 108 cm³/mol. The molecule has 0 saturated heterocycles. The van der Waals surface area contributed by atoms with Crippen LogP contribution in [0.2, 0.25) is 0 Å². The second-order valence-corrected chi connectivity index (χ2v) is 6.58. The minimum Gasteiger partial charge on any atom is -0.490 e. The van der Waals surface area contributed by atoms with Gasteiger partial charge in [0.15, 0.2) is 11.9 Å². The van der Waals surface area contributed by atoms with Crippen LogP contribution in [0.3, 0.4) is 0 Å². The van der Waals surface area contributed by atoms with Crippen LogP contribution in [0.5, 0.6) is 5.75 Å². The highest BCUT2D eigenvalue weighted by atomic mass is 16.6. The molecular weight excluding hydrogens is 376 g/mol. The molecule has 8 heteroatoms. The number of nitrogens with one attached hydrogen (secondary N) is 1. The molecule has 2 aromatic carbocycles. The van der Waals surface area contributed by atoms with Gasteiger partial charge in [-0.2, -0.15) is 0 Å². The van der Waals surface area contributed by atoms with Crippen LogP contribution in [-0.4, -0.2) is 30.0 Å². The smallest absolute Gasteiger partial charge is 0.339 e. The number of nitro benzene ring substituents is 1. The lowest BCUT2D eigenvalue weighted by Crippen LogP contribution is -2.30. The van der Waals surface area contributed by atoms with E-state index in [1.807, 2.05) is 18.2 Å². The van der Waals surface area contributed by atoms with Gasteiger partial charge in [-0.15, -0.1) is 0 Å². The summed E-state index contributed by atoms with van der Waals surface area (Å²) in [5.41, 5.74) is 1.25. The van der Waals surface area contributed by atoms with Crippen LogP contribution in [0.15, 0.2) is 42.5 Å². The van der Waals surface area contributed by atoms with Gasteiger partial charge in [-0.1, -0.05) is 32.0 Å². The van der Waals surface area contributed by atoms with Crippen LogP contribution >= 0.6 is 0 Å². The molecule has 0 heterocycles. The topological polar surface area (TPSA) is 108 Å². The first-order valence-corrected chi connectivity index (χ1v) is 9.21. The lowest BCUT2D eigenvalue weighted by Gasteiger charge is -2.18. The largest absolute Gasteiger partial charge is 0.490 e. The number of ether oxygens (including phenoxy) is 2. The Morgan fingerprint density at radius 1 is 1.17 bits per heavy atom. The minimum atomic E-state index is -1.09. The van der Waals surface area contributed by atoms with E-state index in [9.17, 15) is 19.7 Å². The second kappa shape index (κ2) is 9.68. The van der Waals surface area contributed by atoms with Crippen molar-refractivity contribution in [1.82, 2.24) is 0 Å². The number of hydrogen-bond donors (Lipinski definition) is 1. The average molecular weight is 400 g/mol. The number of amides is 1. The van der Waals surface area contributed by atoms with Crippen molar-refractivity contribution in [3.8, 4) is 5.75 Å². The van der Waals surface area contributed by atoms with Crippen LogP contribution in [-0.2, 0) is 9.53 Å². The van der Waals surface area contributed by atoms with Gasteiger partial charge in [0, 0.05) is 11.8 Å². The van der Waals surface area contributed by atoms with Crippen molar-refractivity contribution < 1.29 is 24.0 Å². The zero-order chi connectivity index (χ0) is 21.6. The molecule has 2 rings (SSSR count). The summed E-state index contributed by atoms with van der Waals surface area (Å²) in [6, 6.07) is 11.2. The molecule has 0 aromatic heterocycles. The van der Waals surface area contributed by atoms with E-state index < -0.39 is 22.9 Å². The molecular formula is C21H24N2O6. The van der Waals surface area contributed by atoms with Crippen molar-refractivity contribution in [3.63, 3.8) is 0 Å². The van der Waals surface area contributed by atoms with Gasteiger partial charge >= 0.3 is 11.7 Å². The molecule has 2 aromatic rings. The number of anilines is 1. The highest BCUT2D eigenvalue weighted by Crippen LogP contribution is 2.28. The summed E-state index contributed by atoms with van der Waals surface area (Å²) in [6.45, 7) is 5.56. The molecule has 0 aliphatic carbocycles. The number of para-hydroxylation sites is 1. The molecule has 0 bridgehead atoms. The van der Waals surface area contributed by atoms with Crippen molar-refractivity contribution in [2.45, 2.75) is 39.2 Å². The molecule has 0 fully saturated rings. The van der Waals surface area contributed by atoms with Crippen LogP contribution in [0.25, 0.3) is 0 Å². The number of methoxy groups -OCH3 is 1. The molecule has 0 saturated carbocycles. The normalized spacial score (nSPS) is 12.6. The summed E-state index contributed by atoms with van der Waals surface area (Å²) in [4.78, 5) is 35.3. The molecule has 8 nitrogen and oxygen atoms in total. The van der Waals surface area contributed by atoms with Gasteiger partial charge < -0.3 is 14.8 Å². The third-order valence-corrected chi connectivity index (χ3v) is 4.63. The number of carbonyl (C=O) groups is 2. The molecule has 0 aliphatic heterocycles. The van der Waals surface area contributed by atoms with Gasteiger partial charge in [0.05, 0.1) is 17.6 Å². The Morgan fingerprint density at radius 2 is 1.86 bits per heavy atom. The number of nitrogens with zero attached hydrogens (tertiary/aromatic N) is 1. The zero-order valence-corrected chi connectivity index (χ0v) is 16.8. The van der Waals surface area contributed by atoms with E-state index in [4.69, 9.17) is 9.47 Å². The predicted octanol–water partition coefficient (Wildman–Crippen LogP) is 4.30. The molecule has 154 valence electrons. The summed E-state index contributed by atoms with van der Waals surface area (Å²) >= 11 is 0. The summed E-state index contributed by atoms with van der Waals surface area (Å²) in [6.07, 6.45) is -0.179. The maximum Gasteiger partial charge on any atom is 0.339 e. The first-order valence-electron chi connectivity index (χ1n) is 9.21. The molecule has 0 aliphatic rings. The highest BCUT2D eigenvalue weighted by Gasteiger charge is 2.23. The minimum absolute atomic E-state index is 0.0268. The van der Waals surface area contributed by atoms with Crippen molar-refractivity contribution in [2.24, 2.45) is 0 Å². The van der Waals surface area contributed by atoms with Crippen molar-refractivity contribution in [1.29, 1.82) is 0 Å². The van der Waals surface area contributed by atoms with Gasteiger partial charge in [0.2, 0.25) is 0 Å². The summed E-state index contributed by atoms with van der Waals surface area (Å²) in [5, 5.41) is 13.9. The number of esters is 1. The first-order chi connectivity index (χ1) is 13.8. The lowest BCUT2D eigenvalue weighted by molar-refractivity contribution is -0.385. The second-order valence-electron chi connectivity index (χ2n) is 6.58. The molecule has 1 N–H and O–H groups in total. The quantitative estimate of drug-likeness (QED) is 0.402. The molecule has 2 atom stereocenters. The third kappa shape index (κ3) is 5.31. The van der Waals surface area contributed by atoms with Gasteiger partial charge in [0.1, 0.15) is 0 Å². The van der Waals surface area contributed by atoms with Crippen LogP contribution < -0.4 is 10.1 Å². The monoisotopic (exact) mass is 400 g/mol. The number of nitro groups is 1. The Morgan fingerprint density at radius 3 is 2.48 bits per heavy atom. The average Bonchev–Trinajstić information content (AvgIpc) is 2.72. The number of rotatable bonds is 8. The third-order valence-electron chi connectivity index (χ3n) is 4.63. The van der Waals surface area contributed by atoms with E-state index in [0.717, 1.165) is 18.1 Å². The fourth-order valence-corrected chi connectivity index (χ4v) is 2.74. The maximum absolute atomic E-state index is 12.5. The van der Waals surface area contributed by atoms with Crippen LogP contribution in [0, 0.1) is 10.1 Å². The molecule has 0 radical (unpaired) electrons. The Bertz CT molecular complexity index is 912. The lowest BCUT2D eigenvalue weighted by atomic mass is 9.97. The SMILES string of the molecule is CC[C@H](C)c1ccccc1NC(=O)[C@@H](C)OC(=O)c1ccc(OC)c([N+](=O)[O-])c1. The standard InChI is InChI=1S/C21H24N2O6/c1-5-13(2)16-8-6-7-9-17(16)22-20(24)14(3)29-21(25)15-10-11-19(28-4)18(12-15)23(26)27/h6-14H,5H2,1-4H3,(H,22,24)/t13-,14+/m0/s1. The van der Waals surface area contributed by atoms with Crippen molar-refractivity contribution in [2.75, 3.05) is 12.4 Å². The Hall–Kier alpha value is -3.42. The van der Waals surface area contributed by atoms with Crippen molar-refractivity contribution >= 4 is 23.3 Å². The number of benzene rings is 2. The van der Waals surface area contributed by atoms with E-state index >= 15 is 0 Å². The number of hydrogen-bond acceptors (Lipinski definition) is 6. The number of carbonyl (C=O) groups excluding carboxylic acids is 2. The Labute approximate surface area is 169 Å². The maximum atomic E-state index is 12.5. The molecule has 1 amide bonds. The van der Waals surface area contributed by atoms with Crippen LogP contribution in [0.1, 0.15) is 49.0 Å². The summed E-state index contributed by atoms with van der Waals surface area (Å²) in [5.74, 6) is -1.05. The fourth-order valence-electron chi connectivity index (χ4n) is 2.74. The zero-order valence-electron chi connectivity index (χ0n) is 16.8. The van der Waals surface area contributed by atoms with E-state index in [-0.39, 0.29) is 22.9 Å². The highest BCUT2D eigenvalue weighted by molar-refractivity contribution is 5.98. The van der Waals surface area contributed by atoms with E-state index in [2.05, 4.69) is 19.2 Å². The van der Waals surface area contributed by atoms with Gasteiger partial charge in [-0.25, -0.2) is 4.79 Å². The van der Waals surface area contributed by atoms with Gasteiger partial charge in [0.25, 0.3) is 5.91 Å². The molecule has 0 unspecified atom stereocenters. The molecule has 29 heavy (non-hydrogen) atoms. The van der Waals surface area contributed by atoms with Gasteiger partial charge in [-0.3, -0.25) is 14.9 Å². The van der Waals surface area contributed by atoms with Gasteiger partial charge in [-0.05, 0) is 43.0 Å². The van der Waals surface area contributed by atoms with E-state index in [1.54, 1.807) is 6.07 Å². The summed E-state index contributed by atoms with van der Waals surface area (Å²) < 4.78 is 10.1. The van der Waals surface area contributed by atoms with E-state index in [1.165, 1.54) is 26.2 Å². The summed E-state index contributed by atoms with van der Waals surface area (Å²) in [7, 11) is 1.30. The van der Waals surface area contributed by atoms with Crippen molar-refractivity contribution in [3.05, 3.63) is 63.7 Å². The first kappa shape index (κ1) is 21.9. The molecule has 0 spiro atoms. The fraction of sp³-hybridized carbons (Fsp3) is 0.333. The Kier molecular flexibility index (Phi) is 7.30. The Balaban J connectivity index is 2.11.